The van der Waals surface area contributed by atoms with Gasteiger partial charge in [0.05, 0.1) is 12.5 Å². The Morgan fingerprint density at radius 2 is 2.09 bits per heavy atom. The maximum Gasteiger partial charge on any atom is 0.310 e. The predicted molar refractivity (Wildman–Crippen MR) is 89.9 cm³/mol. The Morgan fingerprint density at radius 1 is 1.35 bits per heavy atom. The molecular formula is C18H30N2O3. The number of fused-ring (bicyclic) bond motifs is 1. The van der Waals surface area contributed by atoms with Crippen molar-refractivity contribution in [2.75, 3.05) is 33.8 Å². The fourth-order valence-electron chi connectivity index (χ4n) is 3.95. The van der Waals surface area contributed by atoms with Crippen LogP contribution in [0.15, 0.2) is 11.8 Å². The molecule has 1 saturated carbocycles. The standard InChI is InChI=1S/C18H30N2O3/c1-5-7-20-12-15(18(22)23-6-2)8-13-10-17(21)14(9-16(13)20)11-19(3)4/h11,13,15-16H,5-10,12H2,1-4H3/t13-,15-,16?/m1/s1. The summed E-state index contributed by atoms with van der Waals surface area (Å²) < 4.78 is 5.22. The highest BCUT2D eigenvalue weighted by Crippen LogP contribution is 2.38. The highest BCUT2D eigenvalue weighted by atomic mass is 16.5. The van der Waals surface area contributed by atoms with E-state index in [0.717, 1.165) is 37.9 Å². The molecule has 23 heavy (non-hydrogen) atoms. The van der Waals surface area contributed by atoms with Crippen LogP contribution in [0.5, 0.6) is 0 Å². The molecule has 0 bridgehead atoms. The van der Waals surface area contributed by atoms with Gasteiger partial charge in [-0.15, -0.1) is 0 Å². The van der Waals surface area contributed by atoms with Crippen molar-refractivity contribution in [2.45, 2.75) is 45.6 Å². The number of likely N-dealkylation sites (tertiary alicyclic amines) is 1. The van der Waals surface area contributed by atoms with E-state index in [1.807, 2.05) is 32.1 Å². The van der Waals surface area contributed by atoms with Gasteiger partial charge in [-0.2, -0.15) is 0 Å². The number of hydrogen-bond donors (Lipinski definition) is 0. The molecular weight excluding hydrogens is 292 g/mol. The van der Waals surface area contributed by atoms with Gasteiger partial charge < -0.3 is 9.64 Å². The molecule has 0 spiro atoms. The zero-order chi connectivity index (χ0) is 17.0. The zero-order valence-electron chi connectivity index (χ0n) is 14.9. The second-order valence-electron chi connectivity index (χ2n) is 6.96. The van der Waals surface area contributed by atoms with Crippen molar-refractivity contribution in [1.29, 1.82) is 0 Å². The van der Waals surface area contributed by atoms with Crippen LogP contribution in [0.1, 0.15) is 39.5 Å². The van der Waals surface area contributed by atoms with E-state index in [4.69, 9.17) is 4.74 Å². The van der Waals surface area contributed by atoms with E-state index in [2.05, 4.69) is 11.8 Å². The largest absolute Gasteiger partial charge is 0.466 e. The third-order valence-corrected chi connectivity index (χ3v) is 4.83. The Bertz CT molecular complexity index is 473. The molecule has 5 nitrogen and oxygen atoms in total. The Labute approximate surface area is 139 Å². The molecule has 2 rings (SSSR count). The first kappa shape index (κ1) is 18.0. The van der Waals surface area contributed by atoms with Gasteiger partial charge in [-0.25, -0.2) is 0 Å². The Morgan fingerprint density at radius 3 is 2.70 bits per heavy atom. The van der Waals surface area contributed by atoms with Crippen molar-refractivity contribution >= 4 is 11.8 Å². The maximum absolute atomic E-state index is 12.4. The number of ether oxygens (including phenoxy) is 1. The van der Waals surface area contributed by atoms with Crippen LogP contribution in [-0.2, 0) is 14.3 Å². The monoisotopic (exact) mass is 322 g/mol. The maximum atomic E-state index is 12.4. The molecule has 2 aliphatic rings. The summed E-state index contributed by atoms with van der Waals surface area (Å²) in [6.07, 6.45) is 5.15. The van der Waals surface area contributed by atoms with E-state index in [1.54, 1.807) is 0 Å². The van der Waals surface area contributed by atoms with Crippen molar-refractivity contribution < 1.29 is 14.3 Å². The SMILES string of the molecule is CCCN1C[C@H](C(=O)OCC)C[C@@H]2CC(=O)C(=CN(C)C)CC21. The van der Waals surface area contributed by atoms with Crippen molar-refractivity contribution in [3.63, 3.8) is 0 Å². The van der Waals surface area contributed by atoms with Crippen LogP contribution in [0.2, 0.25) is 0 Å². The first-order chi connectivity index (χ1) is 11.0. The van der Waals surface area contributed by atoms with Crippen molar-refractivity contribution in [3.05, 3.63) is 11.8 Å². The summed E-state index contributed by atoms with van der Waals surface area (Å²) in [7, 11) is 3.90. The second kappa shape index (κ2) is 7.95. The summed E-state index contributed by atoms with van der Waals surface area (Å²) in [5.41, 5.74) is 0.923. The van der Waals surface area contributed by atoms with E-state index in [0.29, 0.717) is 19.1 Å². The summed E-state index contributed by atoms with van der Waals surface area (Å²) >= 11 is 0. The fraction of sp³-hybridized carbons (Fsp3) is 0.778. The Balaban J connectivity index is 2.16. The average molecular weight is 322 g/mol. The number of rotatable bonds is 5. The second-order valence-corrected chi connectivity index (χ2v) is 6.96. The molecule has 0 radical (unpaired) electrons. The van der Waals surface area contributed by atoms with Gasteiger partial charge in [0.25, 0.3) is 0 Å². The van der Waals surface area contributed by atoms with E-state index < -0.39 is 0 Å². The molecule has 1 aliphatic heterocycles. The normalized spacial score (nSPS) is 30.2. The Kier molecular flexibility index (Phi) is 6.22. The minimum atomic E-state index is -0.103. The first-order valence-corrected chi connectivity index (χ1v) is 8.77. The molecule has 0 amide bonds. The van der Waals surface area contributed by atoms with E-state index >= 15 is 0 Å². The molecule has 0 aromatic rings. The van der Waals surface area contributed by atoms with Crippen LogP contribution >= 0.6 is 0 Å². The number of carbonyl (C=O) groups is 2. The van der Waals surface area contributed by atoms with Gasteiger partial charge in [0.2, 0.25) is 0 Å². The number of hydrogen-bond acceptors (Lipinski definition) is 5. The molecule has 130 valence electrons. The highest BCUT2D eigenvalue weighted by Gasteiger charge is 2.43. The molecule has 1 heterocycles. The lowest BCUT2D eigenvalue weighted by atomic mass is 9.72. The van der Waals surface area contributed by atoms with Gasteiger partial charge in [0.1, 0.15) is 0 Å². The smallest absolute Gasteiger partial charge is 0.310 e. The summed E-state index contributed by atoms with van der Waals surface area (Å²) in [5.74, 6) is 0.321. The van der Waals surface area contributed by atoms with Crippen LogP contribution in [0, 0.1) is 11.8 Å². The molecule has 0 aromatic carbocycles. The van der Waals surface area contributed by atoms with Crippen LogP contribution in [0.25, 0.3) is 0 Å². The predicted octanol–water partition coefficient (Wildman–Crippen LogP) is 2.07. The quantitative estimate of drug-likeness (QED) is 0.573. The van der Waals surface area contributed by atoms with Gasteiger partial charge >= 0.3 is 5.97 Å². The van der Waals surface area contributed by atoms with Gasteiger partial charge in [-0.1, -0.05) is 6.92 Å². The lowest BCUT2D eigenvalue weighted by Gasteiger charge is -2.46. The molecule has 3 atom stereocenters. The van der Waals surface area contributed by atoms with Crippen molar-refractivity contribution in [3.8, 4) is 0 Å². The van der Waals surface area contributed by atoms with Crippen LogP contribution in [-0.4, -0.2) is 61.4 Å². The number of ketones is 1. The van der Waals surface area contributed by atoms with Crippen molar-refractivity contribution in [1.82, 2.24) is 9.80 Å². The number of Topliss-reactive ketones (excluding diaryl/α,β-unsaturated/α-hetero) is 1. The number of nitrogens with zero attached hydrogens (tertiary/aromatic N) is 2. The topological polar surface area (TPSA) is 49.9 Å². The van der Waals surface area contributed by atoms with Gasteiger partial charge in [0.15, 0.2) is 5.78 Å². The summed E-state index contributed by atoms with van der Waals surface area (Å²) in [6.45, 7) is 6.16. The van der Waals surface area contributed by atoms with Crippen molar-refractivity contribution in [2.24, 2.45) is 11.8 Å². The summed E-state index contributed by atoms with van der Waals surface area (Å²) in [4.78, 5) is 28.9. The first-order valence-electron chi connectivity index (χ1n) is 8.77. The molecule has 1 saturated heterocycles. The molecule has 2 fully saturated rings. The van der Waals surface area contributed by atoms with Crippen LogP contribution in [0.3, 0.4) is 0 Å². The molecule has 1 aliphatic carbocycles. The molecule has 0 aromatic heterocycles. The number of piperidine rings is 1. The van der Waals surface area contributed by atoms with E-state index in [9.17, 15) is 9.59 Å². The van der Waals surface area contributed by atoms with Gasteiger partial charge in [0, 0.05) is 44.9 Å². The van der Waals surface area contributed by atoms with Gasteiger partial charge in [-0.05, 0) is 38.6 Å². The van der Waals surface area contributed by atoms with Crippen LogP contribution < -0.4 is 0 Å². The third-order valence-electron chi connectivity index (χ3n) is 4.83. The lowest BCUT2D eigenvalue weighted by molar-refractivity contribution is -0.152. The van der Waals surface area contributed by atoms with Crippen LogP contribution in [0.4, 0.5) is 0 Å². The van der Waals surface area contributed by atoms with Gasteiger partial charge in [-0.3, -0.25) is 14.5 Å². The zero-order valence-corrected chi connectivity index (χ0v) is 14.9. The van der Waals surface area contributed by atoms with E-state index in [1.165, 1.54) is 0 Å². The third kappa shape index (κ3) is 4.34. The summed E-state index contributed by atoms with van der Waals surface area (Å²) in [5, 5.41) is 0. The number of carbonyl (C=O) groups excluding carboxylic acids is 2. The Hall–Kier alpha value is -1.36. The summed E-state index contributed by atoms with van der Waals surface area (Å²) in [6, 6.07) is 0.379. The van der Waals surface area contributed by atoms with E-state index in [-0.39, 0.29) is 23.6 Å². The average Bonchev–Trinajstić information content (AvgIpc) is 2.48. The molecule has 0 N–H and O–H groups in total. The minimum absolute atomic E-state index is 0.0880. The minimum Gasteiger partial charge on any atom is -0.466 e. The lowest BCUT2D eigenvalue weighted by Crippen LogP contribution is -2.53. The highest BCUT2D eigenvalue weighted by molar-refractivity contribution is 5.96. The molecule has 1 unspecified atom stereocenters. The molecule has 5 heteroatoms. The fourth-order valence-corrected chi connectivity index (χ4v) is 3.95. The number of esters is 1.